The highest BCUT2D eigenvalue weighted by Crippen LogP contribution is 2.21. The molecule has 4 nitrogen and oxygen atoms in total. The second-order valence-electron chi connectivity index (χ2n) is 6.34. The number of rotatable bonds is 5. The molecule has 4 heteroatoms. The van der Waals surface area contributed by atoms with Crippen LogP contribution in [0.25, 0.3) is 0 Å². The third-order valence-electron chi connectivity index (χ3n) is 3.21. The van der Waals surface area contributed by atoms with Crippen LogP contribution in [0.15, 0.2) is 18.2 Å². The van der Waals surface area contributed by atoms with Crippen LogP contribution in [0, 0.1) is 19.3 Å². The summed E-state index contributed by atoms with van der Waals surface area (Å²) in [6.07, 6.45) is 0.283. The predicted octanol–water partition coefficient (Wildman–Crippen LogP) is 3.22. The molecule has 0 radical (unpaired) electrons. The van der Waals surface area contributed by atoms with Crippen LogP contribution in [-0.4, -0.2) is 23.8 Å². The number of benzene rings is 1. The molecule has 1 aromatic carbocycles. The molecule has 0 aromatic heterocycles. The van der Waals surface area contributed by atoms with E-state index >= 15 is 0 Å². The molecule has 0 saturated heterocycles. The summed E-state index contributed by atoms with van der Waals surface area (Å²) in [7, 11) is 0. The zero-order chi connectivity index (χ0) is 15.3. The number of aryl methyl sites for hydroxylation is 2. The number of hydrogen-bond donors (Lipinski definition) is 3. The van der Waals surface area contributed by atoms with Crippen LogP contribution in [0.4, 0.5) is 10.5 Å². The minimum absolute atomic E-state index is 0.131. The molecule has 112 valence electrons. The van der Waals surface area contributed by atoms with Crippen molar-refractivity contribution in [3.63, 3.8) is 0 Å². The van der Waals surface area contributed by atoms with Gasteiger partial charge in [-0.3, -0.25) is 0 Å². The van der Waals surface area contributed by atoms with Gasteiger partial charge in [0.2, 0.25) is 0 Å². The van der Waals surface area contributed by atoms with E-state index in [9.17, 15) is 9.90 Å². The summed E-state index contributed by atoms with van der Waals surface area (Å²) in [6.45, 7) is 10.3. The van der Waals surface area contributed by atoms with E-state index in [1.54, 1.807) is 6.92 Å². The molecule has 1 aromatic rings. The summed E-state index contributed by atoms with van der Waals surface area (Å²) in [4.78, 5) is 11.9. The number of aliphatic hydroxyl groups excluding tert-OH is 1. The van der Waals surface area contributed by atoms with Gasteiger partial charge in [0.05, 0.1) is 6.10 Å². The number of nitrogens with one attached hydrogen (secondary N) is 2. The molecule has 0 bridgehead atoms. The number of anilines is 1. The third kappa shape index (κ3) is 5.61. The molecule has 0 aliphatic heterocycles. The fourth-order valence-electron chi connectivity index (χ4n) is 2.31. The molecule has 0 fully saturated rings. The fraction of sp³-hybridized carbons (Fsp3) is 0.562. The monoisotopic (exact) mass is 278 g/mol. The van der Waals surface area contributed by atoms with E-state index in [2.05, 4.69) is 10.6 Å². The first-order valence-corrected chi connectivity index (χ1v) is 7.00. The zero-order valence-electron chi connectivity index (χ0n) is 13.1. The maximum Gasteiger partial charge on any atom is 0.319 e. The number of carbonyl (C=O) groups is 1. The Bertz CT molecular complexity index is 468. The van der Waals surface area contributed by atoms with Crippen LogP contribution in [-0.2, 0) is 0 Å². The summed E-state index contributed by atoms with van der Waals surface area (Å²) in [5, 5.41) is 15.1. The van der Waals surface area contributed by atoms with Crippen molar-refractivity contribution in [3.05, 3.63) is 29.3 Å². The van der Waals surface area contributed by atoms with E-state index in [4.69, 9.17) is 0 Å². The topological polar surface area (TPSA) is 61.4 Å². The second-order valence-corrected chi connectivity index (χ2v) is 6.34. The van der Waals surface area contributed by atoms with Crippen molar-refractivity contribution in [1.82, 2.24) is 5.32 Å². The third-order valence-corrected chi connectivity index (χ3v) is 3.21. The number of aliphatic hydroxyl groups is 1. The van der Waals surface area contributed by atoms with Crippen molar-refractivity contribution in [1.29, 1.82) is 0 Å². The molecule has 0 saturated carbocycles. The molecule has 1 unspecified atom stereocenters. The average molecular weight is 278 g/mol. The normalized spacial score (nSPS) is 12.9. The minimum Gasteiger partial charge on any atom is -0.393 e. The molecule has 0 aliphatic carbocycles. The lowest BCUT2D eigenvalue weighted by Gasteiger charge is -2.26. The van der Waals surface area contributed by atoms with E-state index in [-0.39, 0.29) is 17.6 Å². The highest BCUT2D eigenvalue weighted by molar-refractivity contribution is 5.90. The van der Waals surface area contributed by atoms with Crippen molar-refractivity contribution in [3.8, 4) is 0 Å². The van der Waals surface area contributed by atoms with Gasteiger partial charge in [0.1, 0.15) is 0 Å². The Balaban J connectivity index is 2.52. The summed E-state index contributed by atoms with van der Waals surface area (Å²) in [5.41, 5.74) is 2.91. The Kier molecular flexibility index (Phi) is 5.57. The van der Waals surface area contributed by atoms with Gasteiger partial charge in [-0.25, -0.2) is 4.79 Å². The number of amides is 2. The van der Waals surface area contributed by atoms with Crippen molar-refractivity contribution in [2.24, 2.45) is 5.41 Å². The van der Waals surface area contributed by atoms with Gasteiger partial charge in [0.25, 0.3) is 0 Å². The highest BCUT2D eigenvalue weighted by Gasteiger charge is 2.21. The van der Waals surface area contributed by atoms with Crippen LogP contribution in [0.3, 0.4) is 0 Å². The van der Waals surface area contributed by atoms with E-state index in [0.29, 0.717) is 13.0 Å². The first-order chi connectivity index (χ1) is 9.19. The second kappa shape index (κ2) is 6.75. The van der Waals surface area contributed by atoms with Gasteiger partial charge in [-0.15, -0.1) is 0 Å². The Morgan fingerprint density at radius 1 is 1.35 bits per heavy atom. The molecule has 3 N–H and O–H groups in total. The molecule has 0 heterocycles. The molecule has 2 amide bonds. The van der Waals surface area contributed by atoms with Crippen LogP contribution >= 0.6 is 0 Å². The zero-order valence-corrected chi connectivity index (χ0v) is 13.1. The smallest absolute Gasteiger partial charge is 0.319 e. The number of hydrogen-bond acceptors (Lipinski definition) is 2. The molecule has 1 atom stereocenters. The maximum atomic E-state index is 11.9. The maximum absolute atomic E-state index is 11.9. The molecule has 1 rings (SSSR count). The number of carbonyl (C=O) groups excluding carboxylic acids is 1. The summed E-state index contributed by atoms with van der Waals surface area (Å²) >= 11 is 0. The van der Waals surface area contributed by atoms with E-state index in [1.807, 2.05) is 45.9 Å². The largest absolute Gasteiger partial charge is 0.393 e. The molecule has 20 heavy (non-hydrogen) atoms. The van der Waals surface area contributed by atoms with Crippen LogP contribution < -0.4 is 10.6 Å². The average Bonchev–Trinajstić information content (AvgIpc) is 2.29. The van der Waals surface area contributed by atoms with Gasteiger partial charge in [0.15, 0.2) is 0 Å². The SMILES string of the molecule is Cc1ccc(NC(=O)NCC(C)(C)CC(C)O)c(C)c1. The molecule has 0 spiro atoms. The van der Waals surface area contributed by atoms with Crippen LogP contribution in [0.1, 0.15) is 38.3 Å². The highest BCUT2D eigenvalue weighted by atomic mass is 16.3. The Morgan fingerprint density at radius 3 is 2.55 bits per heavy atom. The summed E-state index contributed by atoms with van der Waals surface area (Å²) < 4.78 is 0. The van der Waals surface area contributed by atoms with Crippen LogP contribution in [0.5, 0.6) is 0 Å². The predicted molar refractivity (Wildman–Crippen MR) is 83.0 cm³/mol. The van der Waals surface area contributed by atoms with Gasteiger partial charge >= 0.3 is 6.03 Å². The first kappa shape index (κ1) is 16.5. The lowest BCUT2D eigenvalue weighted by molar-refractivity contribution is 0.129. The quantitative estimate of drug-likeness (QED) is 0.774. The standard InChI is InChI=1S/C16H26N2O2/c1-11-6-7-14(12(2)8-11)18-15(20)17-10-16(4,5)9-13(3)19/h6-8,13,19H,9-10H2,1-5H3,(H2,17,18,20). The van der Waals surface area contributed by atoms with Gasteiger partial charge < -0.3 is 15.7 Å². The van der Waals surface area contributed by atoms with Gasteiger partial charge in [-0.05, 0) is 44.2 Å². The summed E-state index contributed by atoms with van der Waals surface area (Å²) in [5.74, 6) is 0. The van der Waals surface area contributed by atoms with E-state index < -0.39 is 0 Å². The van der Waals surface area contributed by atoms with Crippen molar-refractivity contribution in [2.45, 2.75) is 47.1 Å². The molecular formula is C16H26N2O2. The van der Waals surface area contributed by atoms with E-state index in [0.717, 1.165) is 11.3 Å². The fourth-order valence-corrected chi connectivity index (χ4v) is 2.31. The molecular weight excluding hydrogens is 252 g/mol. The van der Waals surface area contributed by atoms with E-state index in [1.165, 1.54) is 5.56 Å². The molecule has 0 aliphatic rings. The van der Waals surface area contributed by atoms with Gasteiger partial charge in [0, 0.05) is 12.2 Å². The van der Waals surface area contributed by atoms with Crippen molar-refractivity contribution in [2.75, 3.05) is 11.9 Å². The van der Waals surface area contributed by atoms with Crippen molar-refractivity contribution < 1.29 is 9.90 Å². The minimum atomic E-state index is -0.366. The first-order valence-electron chi connectivity index (χ1n) is 7.00. The van der Waals surface area contributed by atoms with Gasteiger partial charge in [-0.1, -0.05) is 31.5 Å². The Hall–Kier alpha value is -1.55. The lowest BCUT2D eigenvalue weighted by Crippen LogP contribution is -2.38. The Labute approximate surface area is 121 Å². The summed E-state index contributed by atoms with van der Waals surface area (Å²) in [6, 6.07) is 5.70. The number of urea groups is 1. The lowest BCUT2D eigenvalue weighted by atomic mass is 9.87. The van der Waals surface area contributed by atoms with Crippen molar-refractivity contribution >= 4 is 11.7 Å². The van der Waals surface area contributed by atoms with Crippen LogP contribution in [0.2, 0.25) is 0 Å². The Morgan fingerprint density at radius 2 is 2.00 bits per heavy atom. The van der Waals surface area contributed by atoms with Gasteiger partial charge in [-0.2, -0.15) is 0 Å².